The number of hydrogen-bond donors (Lipinski definition) is 1. The van der Waals surface area contributed by atoms with Crippen LogP contribution in [0.3, 0.4) is 0 Å². The lowest BCUT2D eigenvalue weighted by Gasteiger charge is -2.03. The molecule has 1 aromatic heterocycles. The summed E-state index contributed by atoms with van der Waals surface area (Å²) >= 11 is 5.95. The van der Waals surface area contributed by atoms with Crippen molar-refractivity contribution in [3.8, 4) is 0 Å². The number of halogens is 1. The second-order valence-electron chi connectivity index (χ2n) is 4.34. The van der Waals surface area contributed by atoms with Gasteiger partial charge in [0.1, 0.15) is 5.82 Å². The highest BCUT2D eigenvalue weighted by molar-refractivity contribution is 6.30. The van der Waals surface area contributed by atoms with Crippen LogP contribution in [0.4, 0.5) is 0 Å². The number of aromatic nitrogens is 2. The van der Waals surface area contributed by atoms with Gasteiger partial charge in [-0.05, 0) is 29.8 Å². The van der Waals surface area contributed by atoms with Crippen LogP contribution >= 0.6 is 11.6 Å². The van der Waals surface area contributed by atoms with E-state index in [4.69, 9.17) is 11.6 Å². The highest BCUT2D eigenvalue weighted by Crippen LogP contribution is 2.13. The van der Waals surface area contributed by atoms with Crippen molar-refractivity contribution < 1.29 is 0 Å². The van der Waals surface area contributed by atoms with Crippen LogP contribution in [0.15, 0.2) is 53.3 Å². The second kappa shape index (κ2) is 4.86. The average Bonchev–Trinajstić information content (AvgIpc) is 2.39. The molecule has 94 valence electrons. The lowest BCUT2D eigenvalue weighted by molar-refractivity contribution is 0.973. The maximum Gasteiger partial charge on any atom is 0.258 e. The van der Waals surface area contributed by atoms with Crippen molar-refractivity contribution in [2.75, 3.05) is 0 Å². The number of hydrogen-bond acceptors (Lipinski definition) is 2. The molecule has 0 aliphatic carbocycles. The summed E-state index contributed by atoms with van der Waals surface area (Å²) in [5.74, 6) is 0.644. The molecular formula is C15H11ClN2O. The molecule has 1 N–H and O–H groups in total. The molecule has 0 saturated carbocycles. The zero-order valence-electron chi connectivity index (χ0n) is 10.1. The van der Waals surface area contributed by atoms with Gasteiger partial charge in [0.2, 0.25) is 0 Å². The molecule has 4 heteroatoms. The molecule has 1 heterocycles. The monoisotopic (exact) mass is 270 g/mol. The summed E-state index contributed by atoms with van der Waals surface area (Å²) in [4.78, 5) is 19.2. The van der Waals surface area contributed by atoms with Crippen LogP contribution in [0.1, 0.15) is 11.4 Å². The fourth-order valence-electron chi connectivity index (χ4n) is 2.06. The van der Waals surface area contributed by atoms with E-state index in [1.54, 1.807) is 6.07 Å². The van der Waals surface area contributed by atoms with Crippen LogP contribution in [-0.4, -0.2) is 9.97 Å². The Balaban J connectivity index is 2.04. The predicted molar refractivity (Wildman–Crippen MR) is 76.6 cm³/mol. The minimum absolute atomic E-state index is 0.109. The Labute approximate surface area is 114 Å². The average molecular weight is 271 g/mol. The first kappa shape index (κ1) is 11.9. The van der Waals surface area contributed by atoms with Crippen molar-refractivity contribution in [3.63, 3.8) is 0 Å². The van der Waals surface area contributed by atoms with E-state index in [-0.39, 0.29) is 5.56 Å². The van der Waals surface area contributed by atoms with Crippen LogP contribution in [0, 0.1) is 0 Å². The van der Waals surface area contributed by atoms with E-state index in [0.29, 0.717) is 28.2 Å². The van der Waals surface area contributed by atoms with E-state index in [2.05, 4.69) is 9.97 Å². The molecule has 0 saturated heterocycles. The topological polar surface area (TPSA) is 45.8 Å². The first-order valence-electron chi connectivity index (χ1n) is 5.95. The molecule has 0 spiro atoms. The van der Waals surface area contributed by atoms with Crippen LogP contribution in [-0.2, 0) is 6.42 Å². The summed E-state index contributed by atoms with van der Waals surface area (Å²) in [6.45, 7) is 0. The number of H-pyrrole nitrogens is 1. The van der Waals surface area contributed by atoms with Gasteiger partial charge in [-0.25, -0.2) is 4.98 Å². The van der Waals surface area contributed by atoms with Crippen LogP contribution in [0.2, 0.25) is 5.02 Å². The van der Waals surface area contributed by atoms with E-state index in [1.165, 1.54) is 0 Å². The van der Waals surface area contributed by atoms with Gasteiger partial charge in [0.25, 0.3) is 5.56 Å². The van der Waals surface area contributed by atoms with E-state index in [1.807, 2.05) is 42.5 Å². The molecule has 0 bridgehead atoms. The number of para-hydroxylation sites is 1. The summed E-state index contributed by atoms with van der Waals surface area (Å²) < 4.78 is 0. The third-order valence-corrected chi connectivity index (χ3v) is 3.16. The summed E-state index contributed by atoms with van der Waals surface area (Å²) in [6.07, 6.45) is 0.556. The van der Waals surface area contributed by atoms with Crippen molar-refractivity contribution in [2.24, 2.45) is 0 Å². The summed E-state index contributed by atoms with van der Waals surface area (Å²) in [7, 11) is 0. The standard InChI is InChI=1S/C15H11ClN2O/c16-11-5-3-4-10(8-11)9-14-17-13-7-2-1-6-12(13)15(19)18-14/h1-8H,9H2,(H,17,18,19). The van der Waals surface area contributed by atoms with Gasteiger partial charge in [0.15, 0.2) is 0 Å². The van der Waals surface area contributed by atoms with Gasteiger partial charge in [0.05, 0.1) is 10.9 Å². The Morgan fingerprint density at radius 3 is 2.79 bits per heavy atom. The normalized spacial score (nSPS) is 10.8. The van der Waals surface area contributed by atoms with Crippen LogP contribution in [0.25, 0.3) is 10.9 Å². The fraction of sp³-hybridized carbons (Fsp3) is 0.0667. The largest absolute Gasteiger partial charge is 0.310 e. The highest BCUT2D eigenvalue weighted by Gasteiger charge is 2.04. The minimum Gasteiger partial charge on any atom is -0.310 e. The number of nitrogens with one attached hydrogen (secondary N) is 1. The van der Waals surface area contributed by atoms with Gasteiger partial charge in [-0.15, -0.1) is 0 Å². The number of aromatic amines is 1. The van der Waals surface area contributed by atoms with E-state index in [9.17, 15) is 4.79 Å². The molecule has 2 aromatic carbocycles. The highest BCUT2D eigenvalue weighted by atomic mass is 35.5. The molecular weight excluding hydrogens is 260 g/mol. The number of nitrogens with zero attached hydrogens (tertiary/aromatic N) is 1. The summed E-state index contributed by atoms with van der Waals surface area (Å²) in [5, 5.41) is 1.29. The number of fused-ring (bicyclic) bond motifs is 1. The SMILES string of the molecule is O=c1[nH]c(Cc2cccc(Cl)c2)nc2ccccc12. The third-order valence-electron chi connectivity index (χ3n) is 2.92. The lowest BCUT2D eigenvalue weighted by Crippen LogP contribution is -2.12. The molecule has 3 rings (SSSR count). The first-order chi connectivity index (χ1) is 9.22. The van der Waals surface area contributed by atoms with Gasteiger partial charge < -0.3 is 4.98 Å². The molecule has 0 radical (unpaired) electrons. The van der Waals surface area contributed by atoms with Crippen LogP contribution < -0.4 is 5.56 Å². The molecule has 3 nitrogen and oxygen atoms in total. The smallest absolute Gasteiger partial charge is 0.258 e. The number of rotatable bonds is 2. The van der Waals surface area contributed by atoms with Crippen molar-refractivity contribution in [1.82, 2.24) is 9.97 Å². The van der Waals surface area contributed by atoms with Gasteiger partial charge >= 0.3 is 0 Å². The van der Waals surface area contributed by atoms with Gasteiger partial charge in [-0.1, -0.05) is 35.9 Å². The Morgan fingerprint density at radius 2 is 1.95 bits per heavy atom. The molecule has 0 fully saturated rings. The first-order valence-corrected chi connectivity index (χ1v) is 6.32. The fourth-order valence-corrected chi connectivity index (χ4v) is 2.27. The van der Waals surface area contributed by atoms with Crippen molar-refractivity contribution in [1.29, 1.82) is 0 Å². The maximum absolute atomic E-state index is 11.9. The maximum atomic E-state index is 11.9. The zero-order chi connectivity index (χ0) is 13.2. The van der Waals surface area contributed by atoms with Gasteiger partial charge in [-0.3, -0.25) is 4.79 Å². The Bertz CT molecular complexity index is 795. The van der Waals surface area contributed by atoms with E-state index < -0.39 is 0 Å². The molecule has 3 aromatic rings. The Hall–Kier alpha value is -2.13. The van der Waals surface area contributed by atoms with Gasteiger partial charge in [0, 0.05) is 11.4 Å². The molecule has 0 aliphatic heterocycles. The quantitative estimate of drug-likeness (QED) is 0.777. The van der Waals surface area contributed by atoms with Gasteiger partial charge in [-0.2, -0.15) is 0 Å². The zero-order valence-corrected chi connectivity index (χ0v) is 10.8. The number of benzene rings is 2. The molecule has 19 heavy (non-hydrogen) atoms. The molecule has 0 amide bonds. The lowest BCUT2D eigenvalue weighted by atomic mass is 10.1. The van der Waals surface area contributed by atoms with Crippen molar-refractivity contribution >= 4 is 22.5 Å². The Kier molecular flexibility index (Phi) is 3.05. The summed E-state index contributed by atoms with van der Waals surface area (Å²) in [5.41, 5.74) is 1.62. The molecule has 0 atom stereocenters. The molecule has 0 aliphatic rings. The predicted octanol–water partition coefficient (Wildman–Crippen LogP) is 3.17. The Morgan fingerprint density at radius 1 is 1.11 bits per heavy atom. The third kappa shape index (κ3) is 2.51. The van der Waals surface area contributed by atoms with Crippen LogP contribution in [0.5, 0.6) is 0 Å². The summed E-state index contributed by atoms with van der Waals surface area (Å²) in [6, 6.07) is 14.8. The minimum atomic E-state index is -0.109. The second-order valence-corrected chi connectivity index (χ2v) is 4.77. The van der Waals surface area contributed by atoms with Crippen molar-refractivity contribution in [2.45, 2.75) is 6.42 Å². The van der Waals surface area contributed by atoms with E-state index in [0.717, 1.165) is 5.56 Å². The van der Waals surface area contributed by atoms with Crippen molar-refractivity contribution in [3.05, 3.63) is 75.3 Å². The molecule has 0 unspecified atom stereocenters. The van der Waals surface area contributed by atoms with E-state index >= 15 is 0 Å².